The minimum absolute atomic E-state index is 0.172. The second kappa shape index (κ2) is 3.79. The molecule has 1 saturated heterocycles. The highest BCUT2D eigenvalue weighted by Gasteiger charge is 2.31. The standard InChI is InChI=1S/C11H21NO2/c1-8-6-12(7-9(8)2)10(13)14-11(3,4)5/h8-9H,6-7H2,1-5H3/t8-,9+. The molecule has 0 bridgehead atoms. The molecule has 14 heavy (non-hydrogen) atoms. The van der Waals surface area contributed by atoms with E-state index in [1.165, 1.54) is 0 Å². The molecular formula is C11H21NO2. The lowest BCUT2D eigenvalue weighted by Crippen LogP contribution is -2.35. The first kappa shape index (κ1) is 11.3. The van der Waals surface area contributed by atoms with Crippen molar-refractivity contribution >= 4 is 6.09 Å². The van der Waals surface area contributed by atoms with Gasteiger partial charge in [-0.15, -0.1) is 0 Å². The van der Waals surface area contributed by atoms with Crippen LogP contribution < -0.4 is 0 Å². The third kappa shape index (κ3) is 2.89. The van der Waals surface area contributed by atoms with Crippen LogP contribution in [-0.2, 0) is 4.74 Å². The molecule has 0 unspecified atom stereocenters. The highest BCUT2D eigenvalue weighted by molar-refractivity contribution is 5.68. The summed E-state index contributed by atoms with van der Waals surface area (Å²) in [5.74, 6) is 1.17. The molecule has 0 N–H and O–H groups in total. The van der Waals surface area contributed by atoms with E-state index in [-0.39, 0.29) is 11.7 Å². The molecule has 0 radical (unpaired) electrons. The lowest BCUT2D eigenvalue weighted by Gasteiger charge is -2.24. The van der Waals surface area contributed by atoms with Gasteiger partial charge < -0.3 is 9.64 Å². The first-order valence-corrected chi connectivity index (χ1v) is 5.27. The van der Waals surface area contributed by atoms with Crippen molar-refractivity contribution in [3.8, 4) is 0 Å². The molecule has 0 aliphatic carbocycles. The number of hydrogen-bond acceptors (Lipinski definition) is 2. The number of nitrogens with zero attached hydrogens (tertiary/aromatic N) is 1. The van der Waals surface area contributed by atoms with Gasteiger partial charge in [-0.2, -0.15) is 0 Å². The summed E-state index contributed by atoms with van der Waals surface area (Å²) < 4.78 is 5.31. The molecule has 1 fully saturated rings. The highest BCUT2D eigenvalue weighted by Crippen LogP contribution is 2.23. The zero-order valence-electron chi connectivity index (χ0n) is 9.83. The van der Waals surface area contributed by atoms with E-state index >= 15 is 0 Å². The summed E-state index contributed by atoms with van der Waals surface area (Å²) in [5, 5.41) is 0. The Bertz CT molecular complexity index is 210. The highest BCUT2D eigenvalue weighted by atomic mass is 16.6. The number of amides is 1. The largest absolute Gasteiger partial charge is 0.444 e. The molecule has 1 aliphatic heterocycles. The van der Waals surface area contributed by atoms with Gasteiger partial charge >= 0.3 is 6.09 Å². The van der Waals surface area contributed by atoms with Gasteiger partial charge in [0.05, 0.1) is 0 Å². The van der Waals surface area contributed by atoms with Gasteiger partial charge in [-0.25, -0.2) is 4.79 Å². The summed E-state index contributed by atoms with van der Waals surface area (Å²) in [6.45, 7) is 11.7. The SMILES string of the molecule is C[C@@H]1CN(C(=O)OC(C)(C)C)C[C@@H]1C. The van der Waals surface area contributed by atoms with Gasteiger partial charge in [0.25, 0.3) is 0 Å². The van der Waals surface area contributed by atoms with Crippen molar-refractivity contribution < 1.29 is 9.53 Å². The van der Waals surface area contributed by atoms with E-state index in [1.54, 1.807) is 4.90 Å². The average molecular weight is 199 g/mol. The predicted octanol–water partition coefficient (Wildman–Crippen LogP) is 2.51. The van der Waals surface area contributed by atoms with Gasteiger partial charge in [0.15, 0.2) is 0 Å². The van der Waals surface area contributed by atoms with Crippen molar-refractivity contribution in [3.05, 3.63) is 0 Å². The van der Waals surface area contributed by atoms with E-state index in [4.69, 9.17) is 4.74 Å². The van der Waals surface area contributed by atoms with Crippen molar-refractivity contribution in [2.24, 2.45) is 11.8 Å². The van der Waals surface area contributed by atoms with Crippen LogP contribution in [0.4, 0.5) is 4.79 Å². The summed E-state index contributed by atoms with van der Waals surface area (Å²) in [6, 6.07) is 0. The number of carbonyl (C=O) groups is 1. The molecule has 0 aromatic heterocycles. The maximum Gasteiger partial charge on any atom is 0.410 e. The van der Waals surface area contributed by atoms with Crippen LogP contribution in [0.2, 0.25) is 0 Å². The van der Waals surface area contributed by atoms with Crippen LogP contribution in [-0.4, -0.2) is 29.7 Å². The monoisotopic (exact) mass is 199 g/mol. The topological polar surface area (TPSA) is 29.5 Å². The molecule has 1 rings (SSSR count). The first-order chi connectivity index (χ1) is 6.29. The van der Waals surface area contributed by atoms with Crippen molar-refractivity contribution in [3.63, 3.8) is 0 Å². The molecule has 0 saturated carbocycles. The summed E-state index contributed by atoms with van der Waals surface area (Å²) in [5.41, 5.74) is -0.383. The molecule has 0 spiro atoms. The van der Waals surface area contributed by atoms with E-state index in [2.05, 4.69) is 13.8 Å². The zero-order valence-corrected chi connectivity index (χ0v) is 9.83. The summed E-state index contributed by atoms with van der Waals surface area (Å²) in [4.78, 5) is 13.5. The van der Waals surface area contributed by atoms with Gasteiger partial charge in [-0.1, -0.05) is 13.8 Å². The Morgan fingerprint density at radius 1 is 1.21 bits per heavy atom. The first-order valence-electron chi connectivity index (χ1n) is 5.27. The Kier molecular flexibility index (Phi) is 3.07. The number of hydrogen-bond donors (Lipinski definition) is 0. The summed E-state index contributed by atoms with van der Waals surface area (Å²) >= 11 is 0. The Morgan fingerprint density at radius 2 is 1.64 bits per heavy atom. The Morgan fingerprint density at radius 3 is 2.00 bits per heavy atom. The van der Waals surface area contributed by atoms with Crippen LogP contribution in [0.15, 0.2) is 0 Å². The second-order valence-electron chi connectivity index (χ2n) is 5.34. The lowest BCUT2D eigenvalue weighted by molar-refractivity contribution is 0.0285. The van der Waals surface area contributed by atoms with Gasteiger partial charge in [0.1, 0.15) is 5.60 Å². The van der Waals surface area contributed by atoms with Crippen LogP contribution in [0.1, 0.15) is 34.6 Å². The molecule has 0 aromatic carbocycles. The fourth-order valence-corrected chi connectivity index (χ4v) is 1.61. The van der Waals surface area contributed by atoms with Crippen LogP contribution in [0, 0.1) is 11.8 Å². The minimum atomic E-state index is -0.383. The third-order valence-corrected chi connectivity index (χ3v) is 2.64. The number of likely N-dealkylation sites (tertiary alicyclic amines) is 1. The Hall–Kier alpha value is -0.730. The smallest absolute Gasteiger partial charge is 0.410 e. The molecule has 1 aliphatic rings. The van der Waals surface area contributed by atoms with Crippen molar-refractivity contribution in [2.45, 2.75) is 40.2 Å². The van der Waals surface area contributed by atoms with Crippen molar-refractivity contribution in [2.75, 3.05) is 13.1 Å². The van der Waals surface area contributed by atoms with Gasteiger partial charge in [-0.05, 0) is 32.6 Å². The van der Waals surface area contributed by atoms with E-state index in [9.17, 15) is 4.79 Å². The lowest BCUT2D eigenvalue weighted by atomic mass is 10.0. The van der Waals surface area contributed by atoms with Gasteiger partial charge in [0.2, 0.25) is 0 Å². The normalized spacial score (nSPS) is 27.9. The summed E-state index contributed by atoms with van der Waals surface area (Å²) in [6.07, 6.45) is -0.172. The molecule has 2 atom stereocenters. The number of rotatable bonds is 0. The maximum atomic E-state index is 11.7. The van der Waals surface area contributed by atoms with E-state index in [0.717, 1.165) is 13.1 Å². The third-order valence-electron chi connectivity index (χ3n) is 2.64. The Labute approximate surface area is 86.4 Å². The number of ether oxygens (including phenoxy) is 1. The quantitative estimate of drug-likeness (QED) is 0.600. The van der Waals surface area contributed by atoms with Crippen LogP contribution in [0.25, 0.3) is 0 Å². The van der Waals surface area contributed by atoms with E-state index < -0.39 is 0 Å². The van der Waals surface area contributed by atoms with Crippen molar-refractivity contribution in [1.82, 2.24) is 4.90 Å². The fraction of sp³-hybridized carbons (Fsp3) is 0.909. The Balaban J connectivity index is 2.48. The molecular weight excluding hydrogens is 178 g/mol. The predicted molar refractivity (Wildman–Crippen MR) is 56.1 cm³/mol. The minimum Gasteiger partial charge on any atom is -0.444 e. The molecule has 3 heteroatoms. The molecule has 0 aromatic rings. The molecule has 82 valence electrons. The number of carbonyl (C=O) groups excluding carboxylic acids is 1. The molecule has 1 heterocycles. The van der Waals surface area contributed by atoms with Gasteiger partial charge in [-0.3, -0.25) is 0 Å². The fourth-order valence-electron chi connectivity index (χ4n) is 1.61. The van der Waals surface area contributed by atoms with E-state index in [0.29, 0.717) is 11.8 Å². The average Bonchev–Trinajstić information content (AvgIpc) is 2.28. The van der Waals surface area contributed by atoms with Crippen LogP contribution >= 0.6 is 0 Å². The van der Waals surface area contributed by atoms with Crippen LogP contribution in [0.5, 0.6) is 0 Å². The molecule has 1 amide bonds. The van der Waals surface area contributed by atoms with Gasteiger partial charge in [0, 0.05) is 13.1 Å². The maximum absolute atomic E-state index is 11.7. The van der Waals surface area contributed by atoms with Crippen LogP contribution in [0.3, 0.4) is 0 Å². The summed E-state index contributed by atoms with van der Waals surface area (Å²) in [7, 11) is 0. The second-order valence-corrected chi connectivity index (χ2v) is 5.34. The van der Waals surface area contributed by atoms with E-state index in [1.807, 2.05) is 20.8 Å². The zero-order chi connectivity index (χ0) is 10.9. The molecule has 3 nitrogen and oxygen atoms in total. The van der Waals surface area contributed by atoms with Crippen molar-refractivity contribution in [1.29, 1.82) is 0 Å².